The van der Waals surface area contributed by atoms with Crippen LogP contribution in [0.25, 0.3) is 0 Å². The van der Waals surface area contributed by atoms with Crippen LogP contribution in [0.15, 0.2) is 0 Å². The van der Waals surface area contributed by atoms with Gasteiger partial charge in [0.15, 0.2) is 0 Å². The highest BCUT2D eigenvalue weighted by Crippen LogP contribution is 2.30. The van der Waals surface area contributed by atoms with Crippen molar-refractivity contribution < 1.29 is 23.0 Å². The molecule has 1 aliphatic carbocycles. The van der Waals surface area contributed by atoms with Gasteiger partial charge in [0.25, 0.3) is 0 Å². The van der Waals surface area contributed by atoms with E-state index in [2.05, 4.69) is 4.74 Å². The first kappa shape index (κ1) is 9.80. The monoisotopic (exact) mass is 184 g/mol. The van der Waals surface area contributed by atoms with Gasteiger partial charge in [0.2, 0.25) is 0 Å². The zero-order chi connectivity index (χ0) is 9.19. The van der Waals surface area contributed by atoms with E-state index in [4.69, 9.17) is 5.11 Å². The van der Waals surface area contributed by atoms with Crippen LogP contribution in [0.2, 0.25) is 0 Å². The number of aliphatic hydroxyl groups excluding tert-OH is 1. The van der Waals surface area contributed by atoms with E-state index in [0.717, 1.165) is 0 Å². The SMILES string of the molecule is OCC1CC(OCC(F)(F)F)C1. The Morgan fingerprint density at radius 2 is 1.92 bits per heavy atom. The number of alkyl halides is 3. The number of rotatable bonds is 3. The van der Waals surface area contributed by atoms with E-state index in [1.807, 2.05) is 0 Å². The normalized spacial score (nSPS) is 30.0. The van der Waals surface area contributed by atoms with Crippen molar-refractivity contribution in [1.29, 1.82) is 0 Å². The number of hydrogen-bond acceptors (Lipinski definition) is 2. The average Bonchev–Trinajstić information content (AvgIpc) is 1.82. The molecule has 0 unspecified atom stereocenters. The van der Waals surface area contributed by atoms with Crippen molar-refractivity contribution in [2.75, 3.05) is 13.2 Å². The molecule has 1 saturated carbocycles. The summed E-state index contributed by atoms with van der Waals surface area (Å²) >= 11 is 0. The van der Waals surface area contributed by atoms with Crippen LogP contribution in [0.5, 0.6) is 0 Å². The first-order valence-corrected chi connectivity index (χ1v) is 3.80. The number of aliphatic hydroxyl groups is 1. The van der Waals surface area contributed by atoms with Gasteiger partial charge in [-0.15, -0.1) is 0 Å². The molecular formula is C7H11F3O2. The maximum atomic E-state index is 11.6. The molecule has 1 rings (SSSR count). The molecule has 0 saturated heterocycles. The van der Waals surface area contributed by atoms with Gasteiger partial charge in [-0.05, 0) is 18.8 Å². The van der Waals surface area contributed by atoms with Crippen molar-refractivity contribution in [3.05, 3.63) is 0 Å². The molecular weight excluding hydrogens is 173 g/mol. The van der Waals surface area contributed by atoms with Crippen LogP contribution >= 0.6 is 0 Å². The van der Waals surface area contributed by atoms with Crippen LogP contribution in [-0.4, -0.2) is 30.6 Å². The molecule has 0 heterocycles. The Labute approximate surface area is 68.3 Å². The maximum absolute atomic E-state index is 11.6. The Morgan fingerprint density at radius 1 is 1.33 bits per heavy atom. The first-order chi connectivity index (χ1) is 5.51. The van der Waals surface area contributed by atoms with Crippen LogP contribution in [0.1, 0.15) is 12.8 Å². The topological polar surface area (TPSA) is 29.5 Å². The fraction of sp³-hybridized carbons (Fsp3) is 1.00. The molecule has 0 radical (unpaired) electrons. The average molecular weight is 184 g/mol. The maximum Gasteiger partial charge on any atom is 0.411 e. The van der Waals surface area contributed by atoms with Gasteiger partial charge in [-0.25, -0.2) is 0 Å². The zero-order valence-corrected chi connectivity index (χ0v) is 6.47. The van der Waals surface area contributed by atoms with E-state index in [9.17, 15) is 13.2 Å². The summed E-state index contributed by atoms with van der Waals surface area (Å²) in [4.78, 5) is 0. The molecule has 0 aliphatic heterocycles. The molecule has 0 aromatic carbocycles. The van der Waals surface area contributed by atoms with Crippen molar-refractivity contribution in [1.82, 2.24) is 0 Å². The smallest absolute Gasteiger partial charge is 0.396 e. The van der Waals surface area contributed by atoms with Crippen LogP contribution in [0.3, 0.4) is 0 Å². The predicted molar refractivity (Wildman–Crippen MR) is 35.6 cm³/mol. The standard InChI is InChI=1S/C7H11F3O2/c8-7(9,10)4-12-6-1-5(2-6)3-11/h5-6,11H,1-4H2. The van der Waals surface area contributed by atoms with Crippen LogP contribution in [-0.2, 0) is 4.74 Å². The number of ether oxygens (including phenoxy) is 1. The van der Waals surface area contributed by atoms with E-state index in [1.54, 1.807) is 0 Å². The van der Waals surface area contributed by atoms with E-state index >= 15 is 0 Å². The van der Waals surface area contributed by atoms with E-state index in [-0.39, 0.29) is 18.6 Å². The Bertz CT molecular complexity index is 140. The van der Waals surface area contributed by atoms with Crippen LogP contribution in [0, 0.1) is 5.92 Å². The van der Waals surface area contributed by atoms with Gasteiger partial charge in [-0.1, -0.05) is 0 Å². The van der Waals surface area contributed by atoms with Crippen molar-refractivity contribution in [2.45, 2.75) is 25.1 Å². The summed E-state index contributed by atoms with van der Waals surface area (Å²) in [6, 6.07) is 0. The van der Waals surface area contributed by atoms with Crippen molar-refractivity contribution in [3.63, 3.8) is 0 Å². The Kier molecular flexibility index (Phi) is 2.95. The summed E-state index contributed by atoms with van der Waals surface area (Å²) in [6.45, 7) is -1.12. The summed E-state index contributed by atoms with van der Waals surface area (Å²) in [7, 11) is 0. The second kappa shape index (κ2) is 3.62. The van der Waals surface area contributed by atoms with Gasteiger partial charge in [-0.3, -0.25) is 0 Å². The van der Waals surface area contributed by atoms with Gasteiger partial charge >= 0.3 is 6.18 Å². The summed E-state index contributed by atoms with van der Waals surface area (Å²) in [6.07, 6.45) is -3.44. The highest BCUT2D eigenvalue weighted by atomic mass is 19.4. The quantitative estimate of drug-likeness (QED) is 0.717. The molecule has 5 heteroatoms. The summed E-state index contributed by atoms with van der Waals surface area (Å²) in [5.41, 5.74) is 0. The lowest BCUT2D eigenvalue weighted by Crippen LogP contribution is -2.35. The highest BCUT2D eigenvalue weighted by Gasteiger charge is 2.34. The van der Waals surface area contributed by atoms with Gasteiger partial charge < -0.3 is 9.84 Å². The number of halogens is 3. The lowest BCUT2D eigenvalue weighted by atomic mass is 9.83. The second-order valence-electron chi connectivity index (χ2n) is 3.07. The van der Waals surface area contributed by atoms with Crippen molar-refractivity contribution >= 4 is 0 Å². The molecule has 1 fully saturated rings. The third kappa shape index (κ3) is 2.98. The lowest BCUT2D eigenvalue weighted by molar-refractivity contribution is -0.198. The lowest BCUT2D eigenvalue weighted by Gasteiger charge is -2.33. The molecule has 0 aromatic heterocycles. The van der Waals surface area contributed by atoms with E-state index in [0.29, 0.717) is 12.8 Å². The molecule has 0 amide bonds. The second-order valence-corrected chi connectivity index (χ2v) is 3.07. The largest absolute Gasteiger partial charge is 0.411 e. The van der Waals surface area contributed by atoms with Gasteiger partial charge in [0.05, 0.1) is 6.10 Å². The molecule has 0 atom stereocenters. The summed E-state index contributed by atoms with van der Waals surface area (Å²) in [5.74, 6) is 0.142. The van der Waals surface area contributed by atoms with Gasteiger partial charge in [0, 0.05) is 6.61 Å². The third-order valence-corrected chi connectivity index (χ3v) is 1.93. The molecule has 0 aromatic rings. The first-order valence-electron chi connectivity index (χ1n) is 3.80. The molecule has 2 nitrogen and oxygen atoms in total. The minimum absolute atomic E-state index is 0.0475. The molecule has 0 spiro atoms. The minimum atomic E-state index is -4.23. The van der Waals surface area contributed by atoms with E-state index < -0.39 is 12.8 Å². The van der Waals surface area contributed by atoms with Crippen molar-refractivity contribution in [2.24, 2.45) is 5.92 Å². The fourth-order valence-electron chi connectivity index (χ4n) is 1.17. The zero-order valence-electron chi connectivity index (χ0n) is 6.47. The van der Waals surface area contributed by atoms with Gasteiger partial charge in [-0.2, -0.15) is 13.2 Å². The molecule has 72 valence electrons. The third-order valence-electron chi connectivity index (χ3n) is 1.93. The summed E-state index contributed by atoms with van der Waals surface area (Å²) in [5, 5.41) is 8.55. The van der Waals surface area contributed by atoms with Crippen LogP contribution in [0.4, 0.5) is 13.2 Å². The fourth-order valence-corrected chi connectivity index (χ4v) is 1.17. The highest BCUT2D eigenvalue weighted by molar-refractivity contribution is 4.79. The molecule has 12 heavy (non-hydrogen) atoms. The Hall–Kier alpha value is -0.290. The Morgan fingerprint density at radius 3 is 2.33 bits per heavy atom. The van der Waals surface area contributed by atoms with Crippen LogP contribution < -0.4 is 0 Å². The minimum Gasteiger partial charge on any atom is -0.396 e. The molecule has 1 N–H and O–H groups in total. The molecule has 0 bridgehead atoms. The Balaban J connectivity index is 2.04. The van der Waals surface area contributed by atoms with Crippen molar-refractivity contribution in [3.8, 4) is 0 Å². The predicted octanol–water partition coefficient (Wildman–Crippen LogP) is 1.34. The van der Waals surface area contributed by atoms with E-state index in [1.165, 1.54) is 0 Å². The molecule has 1 aliphatic rings. The summed E-state index contributed by atoms with van der Waals surface area (Å²) < 4.78 is 39.3. The number of hydrogen-bond donors (Lipinski definition) is 1. The van der Waals surface area contributed by atoms with Gasteiger partial charge in [0.1, 0.15) is 6.61 Å².